The first-order valence-electron chi connectivity index (χ1n) is 6.43. The Morgan fingerprint density at radius 1 is 1.00 bits per heavy atom. The number of para-hydroxylation sites is 1. The van der Waals surface area contributed by atoms with Crippen LogP contribution in [0.4, 0.5) is 5.69 Å². The predicted octanol–water partition coefficient (Wildman–Crippen LogP) is 3.08. The Morgan fingerprint density at radius 2 is 1.88 bits per heavy atom. The summed E-state index contributed by atoms with van der Waals surface area (Å²) in [6.07, 6.45) is 6.96. The smallest absolute Gasteiger partial charge is 0.157 e. The van der Waals surface area contributed by atoms with Crippen LogP contribution < -0.4 is 4.90 Å². The maximum atomic E-state index is 11.5. The van der Waals surface area contributed by atoms with Gasteiger partial charge >= 0.3 is 0 Å². The van der Waals surface area contributed by atoms with Crippen molar-refractivity contribution >= 4 is 11.5 Å². The third-order valence-corrected chi connectivity index (χ3v) is 3.64. The molecule has 17 heavy (non-hydrogen) atoms. The molecule has 0 saturated carbocycles. The molecule has 0 atom stereocenters. The van der Waals surface area contributed by atoms with Crippen LogP contribution in [-0.4, -0.2) is 12.3 Å². The van der Waals surface area contributed by atoms with Crippen molar-refractivity contribution in [1.29, 1.82) is 0 Å². The molecule has 0 bridgehead atoms. The molecule has 2 nitrogen and oxygen atoms in total. The quantitative estimate of drug-likeness (QED) is 0.735. The molecule has 2 heteroatoms. The third kappa shape index (κ3) is 1.99. The van der Waals surface area contributed by atoms with Gasteiger partial charge in [-0.2, -0.15) is 0 Å². The van der Waals surface area contributed by atoms with Crippen molar-refractivity contribution in [3.63, 3.8) is 0 Å². The van der Waals surface area contributed by atoms with Gasteiger partial charge in [0.2, 0.25) is 0 Å². The Balaban J connectivity index is 1.97. The van der Waals surface area contributed by atoms with Crippen molar-refractivity contribution in [3.05, 3.63) is 41.6 Å². The second kappa shape index (κ2) is 4.36. The van der Waals surface area contributed by atoms with Crippen LogP contribution in [0.15, 0.2) is 36.0 Å². The average molecular weight is 227 g/mol. The third-order valence-electron chi connectivity index (χ3n) is 3.64. The Labute approximate surface area is 102 Å². The van der Waals surface area contributed by atoms with Gasteiger partial charge in [0.15, 0.2) is 5.78 Å². The molecule has 0 radical (unpaired) electrons. The minimum atomic E-state index is 0.286. The normalized spacial score (nSPS) is 19.9. The van der Waals surface area contributed by atoms with Crippen LogP contribution in [0.5, 0.6) is 0 Å². The van der Waals surface area contributed by atoms with Crippen LogP contribution >= 0.6 is 0 Å². The zero-order valence-corrected chi connectivity index (χ0v) is 9.98. The lowest BCUT2D eigenvalue weighted by Crippen LogP contribution is -2.30. The molecule has 1 heterocycles. The Bertz CT molecular complexity index is 476. The fraction of sp³-hybridized carbons (Fsp3) is 0.400. The molecule has 88 valence electrons. The molecular weight excluding hydrogens is 210 g/mol. The van der Waals surface area contributed by atoms with Crippen LogP contribution in [0, 0.1) is 0 Å². The standard InChI is InChI=1S/C15H17NO/c17-14-8-3-7-13(11-14)16-10-4-6-12-5-1-2-9-15(12)16/h1-2,5,9,11H,3-4,6-8,10H2. The molecular formula is C15H17NO. The first kappa shape index (κ1) is 10.6. The van der Waals surface area contributed by atoms with E-state index >= 15 is 0 Å². The molecule has 2 aliphatic rings. The Morgan fingerprint density at radius 3 is 2.76 bits per heavy atom. The van der Waals surface area contributed by atoms with Gasteiger partial charge in [-0.25, -0.2) is 0 Å². The molecule has 0 fully saturated rings. The van der Waals surface area contributed by atoms with Crippen molar-refractivity contribution < 1.29 is 4.79 Å². The second-order valence-corrected chi connectivity index (χ2v) is 4.84. The molecule has 1 aromatic carbocycles. The van der Waals surface area contributed by atoms with Crippen molar-refractivity contribution in [3.8, 4) is 0 Å². The minimum absolute atomic E-state index is 0.286. The number of carbonyl (C=O) groups excluding carboxylic acids is 1. The van der Waals surface area contributed by atoms with Gasteiger partial charge in [0.05, 0.1) is 0 Å². The largest absolute Gasteiger partial charge is 0.345 e. The summed E-state index contributed by atoms with van der Waals surface area (Å²) in [5, 5.41) is 0. The van der Waals surface area contributed by atoms with Gasteiger partial charge in [0.25, 0.3) is 0 Å². The second-order valence-electron chi connectivity index (χ2n) is 4.84. The molecule has 3 rings (SSSR count). The number of benzene rings is 1. The predicted molar refractivity (Wildman–Crippen MR) is 69.1 cm³/mol. The summed E-state index contributed by atoms with van der Waals surface area (Å²) in [5.74, 6) is 0.286. The molecule has 0 N–H and O–H groups in total. The summed E-state index contributed by atoms with van der Waals surface area (Å²) in [6, 6.07) is 8.56. The summed E-state index contributed by atoms with van der Waals surface area (Å²) >= 11 is 0. The molecule has 1 aliphatic heterocycles. The van der Waals surface area contributed by atoms with Crippen molar-refractivity contribution in [2.75, 3.05) is 11.4 Å². The highest BCUT2D eigenvalue weighted by molar-refractivity contribution is 5.92. The highest BCUT2D eigenvalue weighted by Gasteiger charge is 2.21. The summed E-state index contributed by atoms with van der Waals surface area (Å²) < 4.78 is 0. The molecule has 0 saturated heterocycles. The van der Waals surface area contributed by atoms with Gasteiger partial charge in [-0.15, -0.1) is 0 Å². The van der Waals surface area contributed by atoms with E-state index in [0.29, 0.717) is 0 Å². The lowest BCUT2D eigenvalue weighted by molar-refractivity contribution is -0.115. The zero-order valence-electron chi connectivity index (χ0n) is 9.98. The highest BCUT2D eigenvalue weighted by Crippen LogP contribution is 2.32. The summed E-state index contributed by atoms with van der Waals surface area (Å²) in [7, 11) is 0. The maximum absolute atomic E-state index is 11.5. The van der Waals surface area contributed by atoms with E-state index in [9.17, 15) is 4.79 Å². The van der Waals surface area contributed by atoms with Crippen LogP contribution in [0.1, 0.15) is 31.2 Å². The van der Waals surface area contributed by atoms with E-state index in [1.165, 1.54) is 23.4 Å². The first-order valence-corrected chi connectivity index (χ1v) is 6.43. The fourth-order valence-corrected chi connectivity index (χ4v) is 2.82. The van der Waals surface area contributed by atoms with Crippen LogP contribution in [0.25, 0.3) is 0 Å². The van der Waals surface area contributed by atoms with Crippen LogP contribution in [-0.2, 0) is 11.2 Å². The van der Waals surface area contributed by atoms with Gasteiger partial charge in [-0.3, -0.25) is 4.79 Å². The van der Waals surface area contributed by atoms with Crippen molar-refractivity contribution in [2.45, 2.75) is 32.1 Å². The molecule has 1 aliphatic carbocycles. The van der Waals surface area contributed by atoms with Crippen LogP contribution in [0.3, 0.4) is 0 Å². The number of allylic oxidation sites excluding steroid dienone is 2. The topological polar surface area (TPSA) is 20.3 Å². The fourth-order valence-electron chi connectivity index (χ4n) is 2.82. The highest BCUT2D eigenvalue weighted by atomic mass is 16.1. The molecule has 0 aromatic heterocycles. The lowest BCUT2D eigenvalue weighted by atomic mass is 9.97. The number of fused-ring (bicyclic) bond motifs is 1. The van der Waals surface area contributed by atoms with E-state index in [0.717, 1.165) is 32.2 Å². The van der Waals surface area contributed by atoms with Crippen molar-refractivity contribution in [2.24, 2.45) is 0 Å². The number of carbonyl (C=O) groups is 1. The summed E-state index contributed by atoms with van der Waals surface area (Å²) in [5.41, 5.74) is 3.94. The van der Waals surface area contributed by atoms with E-state index in [4.69, 9.17) is 0 Å². The zero-order chi connectivity index (χ0) is 11.7. The molecule has 0 unspecified atom stereocenters. The number of anilines is 1. The average Bonchev–Trinajstić information content (AvgIpc) is 2.38. The Kier molecular flexibility index (Phi) is 2.71. The lowest BCUT2D eigenvalue weighted by Gasteiger charge is -2.34. The molecule has 1 aromatic rings. The molecule has 0 amide bonds. The van der Waals surface area contributed by atoms with E-state index in [1.807, 2.05) is 6.08 Å². The number of hydrogen-bond acceptors (Lipinski definition) is 2. The van der Waals surface area contributed by atoms with Gasteiger partial charge < -0.3 is 4.90 Å². The van der Waals surface area contributed by atoms with Gasteiger partial charge in [-0.05, 0) is 37.3 Å². The van der Waals surface area contributed by atoms with E-state index in [2.05, 4.69) is 29.2 Å². The first-order chi connectivity index (χ1) is 8.34. The van der Waals surface area contributed by atoms with Gasteiger partial charge in [-0.1, -0.05) is 18.2 Å². The number of hydrogen-bond donors (Lipinski definition) is 0. The number of ketones is 1. The maximum Gasteiger partial charge on any atom is 0.157 e. The van der Waals surface area contributed by atoms with Crippen LogP contribution in [0.2, 0.25) is 0 Å². The monoisotopic (exact) mass is 227 g/mol. The summed E-state index contributed by atoms with van der Waals surface area (Å²) in [6.45, 7) is 1.05. The number of nitrogens with zero attached hydrogens (tertiary/aromatic N) is 1. The number of aryl methyl sites for hydroxylation is 1. The Hall–Kier alpha value is -1.57. The van der Waals surface area contributed by atoms with Gasteiger partial charge in [0.1, 0.15) is 0 Å². The van der Waals surface area contributed by atoms with E-state index < -0.39 is 0 Å². The van der Waals surface area contributed by atoms with E-state index in [-0.39, 0.29) is 5.78 Å². The van der Waals surface area contributed by atoms with Crippen molar-refractivity contribution in [1.82, 2.24) is 0 Å². The SMILES string of the molecule is O=C1C=C(N2CCCc3ccccc32)CCC1. The minimum Gasteiger partial charge on any atom is -0.345 e. The van der Waals surface area contributed by atoms with Gasteiger partial charge in [0, 0.05) is 30.4 Å². The molecule has 0 spiro atoms. The van der Waals surface area contributed by atoms with E-state index in [1.54, 1.807) is 0 Å². The summed E-state index contributed by atoms with van der Waals surface area (Å²) in [4.78, 5) is 13.9. The number of rotatable bonds is 1.